The molecule has 0 unspecified atom stereocenters. The van der Waals surface area contributed by atoms with E-state index in [1.54, 1.807) is 6.21 Å². The van der Waals surface area contributed by atoms with Crippen LogP contribution in [0.3, 0.4) is 0 Å². The minimum Gasteiger partial charge on any atom is -0.260 e. The lowest BCUT2D eigenvalue weighted by Crippen LogP contribution is -1.74. The fourth-order valence-electron chi connectivity index (χ4n) is 0.586. The van der Waals surface area contributed by atoms with Gasteiger partial charge in [0.1, 0.15) is 0 Å². The molecule has 0 amide bonds. The van der Waals surface area contributed by atoms with E-state index in [0.29, 0.717) is 5.03 Å². The van der Waals surface area contributed by atoms with Crippen molar-refractivity contribution in [1.29, 1.82) is 0 Å². The molecule has 0 aromatic carbocycles. The molecule has 0 aliphatic carbocycles. The summed E-state index contributed by atoms with van der Waals surface area (Å²) in [7, 11) is 0. The Kier molecular flexibility index (Phi) is 5.86. The van der Waals surface area contributed by atoms with Gasteiger partial charge in [-0.3, -0.25) is 4.99 Å². The fraction of sp³-hybridized carbons (Fsp3) is 0.444. The van der Waals surface area contributed by atoms with Crippen LogP contribution in [0.5, 0.6) is 0 Å². The molecule has 0 bridgehead atoms. The number of allylic oxidation sites excluding steroid dienone is 4. The summed E-state index contributed by atoms with van der Waals surface area (Å²) in [5.74, 6) is 0. The molecule has 0 radical (unpaired) electrons. The van der Waals surface area contributed by atoms with E-state index in [4.69, 9.17) is 11.6 Å². The van der Waals surface area contributed by atoms with Gasteiger partial charge in [0.25, 0.3) is 0 Å². The summed E-state index contributed by atoms with van der Waals surface area (Å²) < 4.78 is 0. The lowest BCUT2D eigenvalue weighted by Gasteiger charge is -1.89. The van der Waals surface area contributed by atoms with Crippen LogP contribution in [0.15, 0.2) is 27.9 Å². The third kappa shape index (κ3) is 5.86. The molecular weight excluding hydrogens is 158 g/mol. The van der Waals surface area contributed by atoms with E-state index >= 15 is 0 Å². The maximum Gasteiger partial charge on any atom is 0.0546 e. The highest BCUT2D eigenvalue weighted by Gasteiger charge is 1.82. The molecule has 0 rings (SSSR count). The number of halogens is 1. The molecular formula is C9H14ClN. The van der Waals surface area contributed by atoms with Crippen molar-refractivity contribution in [2.75, 3.05) is 0 Å². The monoisotopic (exact) mass is 171 g/mol. The number of nitrogens with zero attached hydrogens (tertiary/aromatic N) is 1. The van der Waals surface area contributed by atoms with E-state index in [0.717, 1.165) is 12.1 Å². The summed E-state index contributed by atoms with van der Waals surface area (Å²) in [6, 6.07) is 0. The van der Waals surface area contributed by atoms with Gasteiger partial charge in [0.15, 0.2) is 0 Å². The maximum atomic E-state index is 5.69. The standard InChI is InChI=1S/C9H14ClN/c1-4-6-8(3)11-7-9(10)5-2/h5-7H,4H2,1-3H3/b8-6+,9-5+,11-7+. The van der Waals surface area contributed by atoms with Gasteiger partial charge >= 0.3 is 0 Å². The molecule has 62 valence electrons. The molecule has 0 aromatic rings. The Morgan fingerprint density at radius 2 is 2.18 bits per heavy atom. The highest BCUT2D eigenvalue weighted by atomic mass is 35.5. The lowest BCUT2D eigenvalue weighted by atomic mass is 10.4. The van der Waals surface area contributed by atoms with Crippen LogP contribution in [0.25, 0.3) is 0 Å². The van der Waals surface area contributed by atoms with Crippen molar-refractivity contribution in [2.24, 2.45) is 4.99 Å². The second kappa shape index (κ2) is 6.17. The summed E-state index contributed by atoms with van der Waals surface area (Å²) in [6.45, 7) is 5.92. The Morgan fingerprint density at radius 3 is 2.64 bits per heavy atom. The Labute approximate surface area is 73.5 Å². The van der Waals surface area contributed by atoms with Gasteiger partial charge in [-0.2, -0.15) is 0 Å². The van der Waals surface area contributed by atoms with Crippen molar-refractivity contribution in [3.8, 4) is 0 Å². The molecule has 0 atom stereocenters. The average molecular weight is 172 g/mol. The lowest BCUT2D eigenvalue weighted by molar-refractivity contribution is 1.16. The highest BCUT2D eigenvalue weighted by molar-refractivity contribution is 6.39. The Balaban J connectivity index is 4.03. The summed E-state index contributed by atoms with van der Waals surface area (Å²) in [5.41, 5.74) is 1.01. The maximum absolute atomic E-state index is 5.69. The summed E-state index contributed by atoms with van der Waals surface area (Å²) in [4.78, 5) is 4.12. The normalized spacial score (nSPS) is 14.5. The second-order valence-corrected chi connectivity index (χ2v) is 2.62. The molecule has 0 fully saturated rings. The van der Waals surface area contributed by atoms with Crippen molar-refractivity contribution in [3.63, 3.8) is 0 Å². The zero-order valence-electron chi connectivity index (χ0n) is 7.26. The summed E-state index contributed by atoms with van der Waals surface area (Å²) in [6.07, 6.45) is 6.53. The molecule has 11 heavy (non-hydrogen) atoms. The number of rotatable bonds is 3. The van der Waals surface area contributed by atoms with Gasteiger partial charge in [0.05, 0.1) is 5.03 Å². The van der Waals surface area contributed by atoms with Gasteiger partial charge in [0.2, 0.25) is 0 Å². The molecule has 0 aromatic heterocycles. The highest BCUT2D eigenvalue weighted by Crippen LogP contribution is 2.00. The van der Waals surface area contributed by atoms with E-state index in [9.17, 15) is 0 Å². The topological polar surface area (TPSA) is 12.4 Å². The van der Waals surface area contributed by atoms with Crippen LogP contribution in [-0.4, -0.2) is 6.21 Å². The minimum absolute atomic E-state index is 0.675. The third-order valence-corrected chi connectivity index (χ3v) is 1.48. The van der Waals surface area contributed by atoms with Crippen LogP contribution >= 0.6 is 11.6 Å². The summed E-state index contributed by atoms with van der Waals surface area (Å²) >= 11 is 5.69. The van der Waals surface area contributed by atoms with Gasteiger partial charge in [-0.15, -0.1) is 0 Å². The molecule has 0 heterocycles. The van der Waals surface area contributed by atoms with Crippen molar-refractivity contribution in [3.05, 3.63) is 22.9 Å². The minimum atomic E-state index is 0.675. The smallest absolute Gasteiger partial charge is 0.0546 e. The van der Waals surface area contributed by atoms with Crippen LogP contribution in [0.2, 0.25) is 0 Å². The van der Waals surface area contributed by atoms with Gasteiger partial charge < -0.3 is 0 Å². The number of hydrogen-bond donors (Lipinski definition) is 0. The van der Waals surface area contributed by atoms with Crippen molar-refractivity contribution >= 4 is 17.8 Å². The van der Waals surface area contributed by atoms with E-state index in [1.165, 1.54) is 0 Å². The third-order valence-electron chi connectivity index (χ3n) is 1.17. The predicted octanol–water partition coefficient (Wildman–Crippen LogP) is 3.51. The van der Waals surface area contributed by atoms with Crippen molar-refractivity contribution in [1.82, 2.24) is 0 Å². The molecule has 0 aliphatic rings. The van der Waals surface area contributed by atoms with Crippen molar-refractivity contribution < 1.29 is 0 Å². The molecule has 0 N–H and O–H groups in total. The first-order valence-corrected chi connectivity index (χ1v) is 4.11. The van der Waals surface area contributed by atoms with Crippen LogP contribution < -0.4 is 0 Å². The van der Waals surface area contributed by atoms with E-state index in [2.05, 4.69) is 18.0 Å². The predicted molar refractivity (Wildman–Crippen MR) is 52.2 cm³/mol. The van der Waals surface area contributed by atoms with Crippen LogP contribution in [0.4, 0.5) is 0 Å². The van der Waals surface area contributed by atoms with E-state index in [-0.39, 0.29) is 0 Å². The Morgan fingerprint density at radius 1 is 1.55 bits per heavy atom. The van der Waals surface area contributed by atoms with Crippen LogP contribution in [-0.2, 0) is 0 Å². The largest absolute Gasteiger partial charge is 0.260 e. The van der Waals surface area contributed by atoms with Gasteiger partial charge in [-0.05, 0) is 20.3 Å². The van der Waals surface area contributed by atoms with Crippen LogP contribution in [0.1, 0.15) is 27.2 Å². The molecule has 0 aliphatic heterocycles. The molecule has 1 nitrogen and oxygen atoms in total. The van der Waals surface area contributed by atoms with E-state index in [1.807, 2.05) is 19.9 Å². The average Bonchev–Trinajstić information content (AvgIpc) is 2.01. The Bertz CT molecular complexity index is 190. The number of aliphatic imine (C=N–C) groups is 1. The first-order valence-electron chi connectivity index (χ1n) is 3.73. The first-order chi connectivity index (χ1) is 5.20. The quantitative estimate of drug-likeness (QED) is 0.577. The molecule has 0 saturated carbocycles. The molecule has 0 spiro atoms. The van der Waals surface area contributed by atoms with E-state index < -0.39 is 0 Å². The van der Waals surface area contributed by atoms with Crippen molar-refractivity contribution in [2.45, 2.75) is 27.2 Å². The van der Waals surface area contributed by atoms with Gasteiger partial charge in [-0.25, -0.2) is 0 Å². The Hall–Kier alpha value is -0.560. The summed E-state index contributed by atoms with van der Waals surface area (Å²) in [5, 5.41) is 0.675. The zero-order valence-corrected chi connectivity index (χ0v) is 8.02. The number of hydrogen-bond acceptors (Lipinski definition) is 1. The SMILES string of the molecule is C\C=C(Cl)/C=N/C(C)=C/CC. The first kappa shape index (κ1) is 10.4. The fourth-order valence-corrected chi connectivity index (χ4v) is 0.635. The van der Waals surface area contributed by atoms with Crippen LogP contribution in [0, 0.1) is 0 Å². The zero-order chi connectivity index (χ0) is 8.69. The second-order valence-electron chi connectivity index (χ2n) is 2.19. The molecule has 2 heteroatoms. The molecule has 0 saturated heterocycles. The van der Waals surface area contributed by atoms with Gasteiger partial charge in [-0.1, -0.05) is 30.7 Å². The van der Waals surface area contributed by atoms with Gasteiger partial charge in [0, 0.05) is 11.9 Å².